The number of hydrogen-bond acceptors (Lipinski definition) is 4. The van der Waals surface area contributed by atoms with Crippen molar-refractivity contribution in [3.63, 3.8) is 0 Å². The van der Waals surface area contributed by atoms with E-state index in [0.29, 0.717) is 36.9 Å². The molecule has 1 aromatic carbocycles. The molecule has 2 heterocycles. The normalized spacial score (nSPS) is 15.5. The van der Waals surface area contributed by atoms with Crippen LogP contribution in [0.4, 0.5) is 16.3 Å². The molecule has 1 aliphatic heterocycles. The van der Waals surface area contributed by atoms with Crippen molar-refractivity contribution in [3.8, 4) is 0 Å². The number of piperazine rings is 1. The lowest BCUT2D eigenvalue weighted by Gasteiger charge is -2.33. The van der Waals surface area contributed by atoms with E-state index in [1.54, 1.807) is 6.07 Å². The third-order valence-corrected chi connectivity index (χ3v) is 4.05. The second-order valence-electron chi connectivity index (χ2n) is 4.95. The minimum absolute atomic E-state index is 0.484. The van der Waals surface area contributed by atoms with Gasteiger partial charge in [0.15, 0.2) is 0 Å². The molecule has 0 saturated carbocycles. The van der Waals surface area contributed by atoms with Gasteiger partial charge in [0, 0.05) is 31.6 Å². The van der Waals surface area contributed by atoms with Gasteiger partial charge >= 0.3 is 6.09 Å². The van der Waals surface area contributed by atoms with Gasteiger partial charge in [0.25, 0.3) is 0 Å². The van der Waals surface area contributed by atoms with Crippen molar-refractivity contribution < 1.29 is 9.90 Å². The summed E-state index contributed by atoms with van der Waals surface area (Å²) in [6.45, 7) is 2.23. The fourth-order valence-electron chi connectivity index (χ4n) is 2.49. The van der Waals surface area contributed by atoms with E-state index in [1.807, 2.05) is 18.2 Å². The number of pyridine rings is 1. The maximum atomic E-state index is 10.9. The Morgan fingerprint density at radius 3 is 2.57 bits per heavy atom. The fourth-order valence-corrected chi connectivity index (χ4v) is 2.66. The highest BCUT2D eigenvalue weighted by atomic mass is 35.5. The zero-order chi connectivity index (χ0) is 15.0. The Hall–Kier alpha value is -2.21. The highest BCUT2D eigenvalue weighted by Gasteiger charge is 2.21. The van der Waals surface area contributed by atoms with Gasteiger partial charge in [-0.05, 0) is 24.3 Å². The van der Waals surface area contributed by atoms with Crippen LogP contribution >= 0.6 is 11.6 Å². The summed E-state index contributed by atoms with van der Waals surface area (Å²) in [5, 5.41) is 10.3. The summed E-state index contributed by atoms with van der Waals surface area (Å²) >= 11 is 6.00. The van der Waals surface area contributed by atoms with Crippen LogP contribution < -0.4 is 10.6 Å². The van der Waals surface area contributed by atoms with Gasteiger partial charge in [-0.15, -0.1) is 0 Å². The largest absolute Gasteiger partial charge is 0.465 e. The summed E-state index contributed by atoms with van der Waals surface area (Å²) < 4.78 is 0. The zero-order valence-corrected chi connectivity index (χ0v) is 12.0. The second-order valence-corrected chi connectivity index (χ2v) is 5.36. The number of nitrogen functional groups attached to an aromatic ring is 1. The quantitative estimate of drug-likeness (QED) is 0.790. The number of halogens is 1. The van der Waals surface area contributed by atoms with Crippen LogP contribution in [0.2, 0.25) is 5.02 Å². The van der Waals surface area contributed by atoms with Crippen molar-refractivity contribution >= 4 is 40.1 Å². The molecule has 0 bridgehead atoms. The van der Waals surface area contributed by atoms with E-state index in [0.717, 1.165) is 16.7 Å². The predicted octanol–water partition coefficient (Wildman–Crippen LogP) is 2.27. The Morgan fingerprint density at radius 1 is 1.19 bits per heavy atom. The Kier molecular flexibility index (Phi) is 3.47. The van der Waals surface area contributed by atoms with E-state index < -0.39 is 6.09 Å². The molecule has 1 aliphatic rings. The van der Waals surface area contributed by atoms with Crippen molar-refractivity contribution in [2.75, 3.05) is 36.8 Å². The number of benzene rings is 1. The number of nitrogens with zero attached hydrogens (tertiary/aromatic N) is 3. The maximum absolute atomic E-state index is 10.9. The van der Waals surface area contributed by atoms with Crippen molar-refractivity contribution in [1.29, 1.82) is 0 Å². The minimum Gasteiger partial charge on any atom is -0.465 e. The molecule has 1 aromatic heterocycles. The van der Waals surface area contributed by atoms with Crippen molar-refractivity contribution in [2.45, 2.75) is 0 Å². The number of carbonyl (C=O) groups is 1. The summed E-state index contributed by atoms with van der Waals surface area (Å²) in [6.07, 6.45) is -0.872. The molecule has 0 aliphatic carbocycles. The van der Waals surface area contributed by atoms with Gasteiger partial charge < -0.3 is 20.6 Å². The average molecular weight is 307 g/mol. The van der Waals surface area contributed by atoms with Gasteiger partial charge in [0.05, 0.1) is 16.2 Å². The van der Waals surface area contributed by atoms with E-state index >= 15 is 0 Å². The SMILES string of the molecule is Nc1c(Cl)ccc2nc(N3CCN(C(=O)O)CC3)ccc12. The molecule has 3 rings (SSSR count). The fraction of sp³-hybridized carbons (Fsp3) is 0.286. The molecule has 7 heteroatoms. The summed E-state index contributed by atoms with van der Waals surface area (Å²) in [6, 6.07) is 7.37. The average Bonchev–Trinajstić information content (AvgIpc) is 2.51. The van der Waals surface area contributed by atoms with Crippen LogP contribution in [-0.4, -0.2) is 47.3 Å². The number of nitrogens with two attached hydrogens (primary N) is 1. The van der Waals surface area contributed by atoms with Crippen LogP contribution in [0.5, 0.6) is 0 Å². The first-order valence-corrected chi connectivity index (χ1v) is 7.01. The lowest BCUT2D eigenvalue weighted by molar-refractivity contribution is 0.142. The first-order valence-electron chi connectivity index (χ1n) is 6.64. The first kappa shape index (κ1) is 13.8. The molecule has 1 fully saturated rings. The lowest BCUT2D eigenvalue weighted by Crippen LogP contribution is -2.48. The van der Waals surface area contributed by atoms with E-state index in [1.165, 1.54) is 4.90 Å². The van der Waals surface area contributed by atoms with E-state index in [2.05, 4.69) is 9.88 Å². The predicted molar refractivity (Wildman–Crippen MR) is 83.0 cm³/mol. The molecular weight excluding hydrogens is 292 g/mol. The summed E-state index contributed by atoms with van der Waals surface area (Å²) in [4.78, 5) is 19.0. The van der Waals surface area contributed by atoms with Crippen LogP contribution in [-0.2, 0) is 0 Å². The topological polar surface area (TPSA) is 82.7 Å². The standard InChI is InChI=1S/C14H15ClN4O2/c15-10-2-3-11-9(13(10)16)1-4-12(17-11)18-5-7-19(8-6-18)14(20)21/h1-4H,5-8,16H2,(H,20,21). The zero-order valence-electron chi connectivity index (χ0n) is 11.3. The van der Waals surface area contributed by atoms with Crippen molar-refractivity contribution in [1.82, 2.24) is 9.88 Å². The van der Waals surface area contributed by atoms with Crippen molar-refractivity contribution in [3.05, 3.63) is 29.3 Å². The Morgan fingerprint density at radius 2 is 1.90 bits per heavy atom. The summed E-state index contributed by atoms with van der Waals surface area (Å²) in [5.74, 6) is 0.828. The smallest absolute Gasteiger partial charge is 0.407 e. The highest BCUT2D eigenvalue weighted by Crippen LogP contribution is 2.29. The number of carboxylic acid groups (broad SMARTS) is 1. The lowest BCUT2D eigenvalue weighted by atomic mass is 10.2. The second kappa shape index (κ2) is 5.29. The van der Waals surface area contributed by atoms with Crippen LogP contribution in [0.1, 0.15) is 0 Å². The van der Waals surface area contributed by atoms with Gasteiger partial charge in [0.2, 0.25) is 0 Å². The number of aromatic nitrogens is 1. The summed E-state index contributed by atoms with van der Waals surface area (Å²) in [7, 11) is 0. The Balaban J connectivity index is 1.86. The molecule has 6 nitrogen and oxygen atoms in total. The van der Waals surface area contributed by atoms with Gasteiger partial charge in [-0.2, -0.15) is 0 Å². The molecule has 0 atom stereocenters. The molecule has 0 unspecified atom stereocenters. The van der Waals surface area contributed by atoms with Crippen LogP contribution in [0.15, 0.2) is 24.3 Å². The van der Waals surface area contributed by atoms with Gasteiger partial charge in [-0.25, -0.2) is 9.78 Å². The van der Waals surface area contributed by atoms with Gasteiger partial charge in [0.1, 0.15) is 5.82 Å². The Bertz CT molecular complexity index is 699. The van der Waals surface area contributed by atoms with E-state index in [9.17, 15) is 4.79 Å². The molecule has 0 spiro atoms. The third kappa shape index (κ3) is 2.54. The number of anilines is 2. The molecule has 110 valence electrons. The number of amides is 1. The maximum Gasteiger partial charge on any atom is 0.407 e. The first-order chi connectivity index (χ1) is 10.1. The molecular formula is C14H15ClN4O2. The highest BCUT2D eigenvalue weighted by molar-refractivity contribution is 6.34. The van der Waals surface area contributed by atoms with Crippen LogP contribution in [0.25, 0.3) is 10.9 Å². The molecule has 3 N–H and O–H groups in total. The van der Waals surface area contributed by atoms with Gasteiger partial charge in [-0.1, -0.05) is 11.6 Å². The molecule has 1 saturated heterocycles. The molecule has 2 aromatic rings. The van der Waals surface area contributed by atoms with Crippen molar-refractivity contribution in [2.24, 2.45) is 0 Å². The van der Waals surface area contributed by atoms with E-state index in [-0.39, 0.29) is 0 Å². The van der Waals surface area contributed by atoms with Crippen LogP contribution in [0, 0.1) is 0 Å². The molecule has 21 heavy (non-hydrogen) atoms. The number of hydrogen-bond donors (Lipinski definition) is 2. The van der Waals surface area contributed by atoms with Gasteiger partial charge in [-0.3, -0.25) is 0 Å². The third-order valence-electron chi connectivity index (χ3n) is 3.72. The minimum atomic E-state index is -0.872. The number of rotatable bonds is 1. The summed E-state index contributed by atoms with van der Waals surface area (Å²) in [5.41, 5.74) is 7.26. The van der Waals surface area contributed by atoms with E-state index in [4.69, 9.17) is 22.4 Å². The van der Waals surface area contributed by atoms with Crippen LogP contribution in [0.3, 0.4) is 0 Å². The molecule has 0 radical (unpaired) electrons. The monoisotopic (exact) mass is 306 g/mol. The Labute approximate surface area is 126 Å². The number of fused-ring (bicyclic) bond motifs is 1. The molecule has 1 amide bonds.